The molecule has 2 aromatic carbocycles. The molecule has 0 amide bonds. The molecule has 1 atom stereocenters. The number of ether oxygens (including phenoxy) is 2. The fourth-order valence-corrected chi connectivity index (χ4v) is 4.38. The topological polar surface area (TPSA) is 87.7 Å². The highest BCUT2D eigenvalue weighted by Gasteiger charge is 2.16. The average Bonchev–Trinajstić information content (AvgIpc) is 3.13. The van der Waals surface area contributed by atoms with Gasteiger partial charge in [-0.2, -0.15) is 9.78 Å². The Bertz CT molecular complexity index is 1520. The van der Waals surface area contributed by atoms with Crippen molar-refractivity contribution in [1.29, 1.82) is 0 Å². The van der Waals surface area contributed by atoms with E-state index in [0.29, 0.717) is 29.1 Å². The van der Waals surface area contributed by atoms with Crippen LogP contribution in [0.5, 0.6) is 5.75 Å². The van der Waals surface area contributed by atoms with E-state index in [2.05, 4.69) is 30.6 Å². The maximum Gasteiger partial charge on any atom is 0.347 e. The molecule has 0 aliphatic carbocycles. The minimum absolute atomic E-state index is 0.225. The summed E-state index contributed by atoms with van der Waals surface area (Å²) in [5.41, 5.74) is 4.20. The molecular weight excluding hydrogens is 524 g/mol. The van der Waals surface area contributed by atoms with Gasteiger partial charge in [-0.15, -0.1) is 0 Å². The number of rotatable bonds is 7. The second kappa shape index (κ2) is 10.5. The molecule has 36 heavy (non-hydrogen) atoms. The van der Waals surface area contributed by atoms with Gasteiger partial charge in [0.05, 0.1) is 23.7 Å². The highest BCUT2D eigenvalue weighted by molar-refractivity contribution is 9.10. The lowest BCUT2D eigenvalue weighted by atomic mass is 10.2. The van der Waals surface area contributed by atoms with Gasteiger partial charge in [-0.25, -0.2) is 9.78 Å². The van der Waals surface area contributed by atoms with Gasteiger partial charge in [-0.05, 0) is 83.1 Å². The number of halogens is 1. The van der Waals surface area contributed by atoms with Crippen LogP contribution < -0.4 is 10.3 Å². The predicted molar refractivity (Wildman–Crippen MR) is 143 cm³/mol. The van der Waals surface area contributed by atoms with E-state index in [4.69, 9.17) is 9.47 Å². The number of hydrogen-bond acceptors (Lipinski definition) is 6. The molecule has 0 spiro atoms. The molecule has 186 valence electrons. The number of fused-ring (bicyclic) bond motifs is 1. The van der Waals surface area contributed by atoms with Crippen LogP contribution in [0.1, 0.15) is 36.6 Å². The Kier molecular flexibility index (Phi) is 7.40. The Morgan fingerprint density at radius 3 is 2.56 bits per heavy atom. The summed E-state index contributed by atoms with van der Waals surface area (Å²) in [5.74, 6) is 0.688. The second-order valence-corrected chi connectivity index (χ2v) is 9.27. The first kappa shape index (κ1) is 25.4. The van der Waals surface area contributed by atoms with Gasteiger partial charge in [0, 0.05) is 27.1 Å². The number of hydrogen-bond donors (Lipinski definition) is 0. The SMILES string of the molecule is CCOC(=O)[C@@H](C)Oc1ccc(-n2c(C)cc(C=Nn3c(C)nc4ccc(Br)cc4c3=O)c2C)cc1. The summed E-state index contributed by atoms with van der Waals surface area (Å²) in [7, 11) is 0. The van der Waals surface area contributed by atoms with E-state index in [1.54, 1.807) is 33.1 Å². The van der Waals surface area contributed by atoms with E-state index in [1.165, 1.54) is 4.68 Å². The van der Waals surface area contributed by atoms with Crippen molar-refractivity contribution in [2.75, 3.05) is 6.61 Å². The molecule has 4 aromatic rings. The first-order valence-electron chi connectivity index (χ1n) is 11.6. The summed E-state index contributed by atoms with van der Waals surface area (Å²) in [6, 6.07) is 14.9. The van der Waals surface area contributed by atoms with E-state index in [0.717, 1.165) is 27.1 Å². The molecule has 9 heteroatoms. The molecule has 2 aromatic heterocycles. The van der Waals surface area contributed by atoms with Crippen LogP contribution in [-0.2, 0) is 9.53 Å². The van der Waals surface area contributed by atoms with Gasteiger partial charge < -0.3 is 14.0 Å². The molecule has 0 unspecified atom stereocenters. The Hall–Kier alpha value is -3.72. The van der Waals surface area contributed by atoms with Crippen molar-refractivity contribution >= 4 is 39.0 Å². The van der Waals surface area contributed by atoms with Gasteiger partial charge in [0.1, 0.15) is 11.6 Å². The molecule has 0 aliphatic heterocycles. The molecule has 0 N–H and O–H groups in total. The molecule has 0 radical (unpaired) electrons. The first-order chi connectivity index (χ1) is 17.2. The Morgan fingerprint density at radius 2 is 1.86 bits per heavy atom. The Labute approximate surface area is 217 Å². The molecular formula is C27H27BrN4O4. The molecule has 0 saturated heterocycles. The van der Waals surface area contributed by atoms with Crippen LogP contribution in [0, 0.1) is 20.8 Å². The Morgan fingerprint density at radius 1 is 1.14 bits per heavy atom. The summed E-state index contributed by atoms with van der Waals surface area (Å²) in [4.78, 5) is 29.4. The lowest BCUT2D eigenvalue weighted by Gasteiger charge is -2.14. The third kappa shape index (κ3) is 5.11. The van der Waals surface area contributed by atoms with E-state index in [1.807, 2.05) is 56.3 Å². The van der Waals surface area contributed by atoms with Crippen molar-refractivity contribution in [2.24, 2.45) is 5.10 Å². The fourth-order valence-electron chi connectivity index (χ4n) is 4.02. The monoisotopic (exact) mass is 550 g/mol. The third-order valence-corrected chi connectivity index (χ3v) is 6.27. The molecule has 0 aliphatic rings. The Balaban J connectivity index is 1.61. The zero-order valence-corrected chi connectivity index (χ0v) is 22.4. The van der Waals surface area contributed by atoms with Crippen molar-refractivity contribution in [1.82, 2.24) is 14.2 Å². The molecule has 0 saturated carbocycles. The largest absolute Gasteiger partial charge is 0.479 e. The molecule has 8 nitrogen and oxygen atoms in total. The van der Waals surface area contributed by atoms with Gasteiger partial charge in [-0.1, -0.05) is 15.9 Å². The first-order valence-corrected chi connectivity index (χ1v) is 12.3. The van der Waals surface area contributed by atoms with Crippen molar-refractivity contribution in [3.05, 3.63) is 86.1 Å². The number of nitrogens with zero attached hydrogens (tertiary/aromatic N) is 4. The molecule has 4 rings (SSSR count). The van der Waals surface area contributed by atoms with Crippen molar-refractivity contribution < 1.29 is 14.3 Å². The van der Waals surface area contributed by atoms with Crippen LogP contribution in [0.3, 0.4) is 0 Å². The van der Waals surface area contributed by atoms with Crippen LogP contribution in [-0.4, -0.2) is 39.1 Å². The minimum atomic E-state index is -0.689. The normalized spacial score (nSPS) is 12.3. The number of benzene rings is 2. The number of carbonyl (C=O) groups excluding carboxylic acids is 1. The second-order valence-electron chi connectivity index (χ2n) is 8.35. The third-order valence-electron chi connectivity index (χ3n) is 5.78. The van der Waals surface area contributed by atoms with Gasteiger partial charge in [0.25, 0.3) is 5.56 Å². The zero-order chi connectivity index (χ0) is 26.0. The van der Waals surface area contributed by atoms with E-state index in [9.17, 15) is 9.59 Å². The van der Waals surface area contributed by atoms with Gasteiger partial charge in [0.15, 0.2) is 6.10 Å². The smallest absolute Gasteiger partial charge is 0.347 e. The van der Waals surface area contributed by atoms with E-state index < -0.39 is 12.1 Å². The summed E-state index contributed by atoms with van der Waals surface area (Å²) < 4.78 is 14.9. The lowest BCUT2D eigenvalue weighted by molar-refractivity contribution is -0.150. The van der Waals surface area contributed by atoms with Crippen LogP contribution in [0.2, 0.25) is 0 Å². The van der Waals surface area contributed by atoms with Crippen molar-refractivity contribution in [2.45, 2.75) is 40.7 Å². The number of carbonyl (C=O) groups is 1. The molecule has 0 bridgehead atoms. The number of esters is 1. The molecule has 0 fully saturated rings. The van der Waals surface area contributed by atoms with Crippen LogP contribution in [0.4, 0.5) is 0 Å². The lowest BCUT2D eigenvalue weighted by Crippen LogP contribution is -2.26. The van der Waals surface area contributed by atoms with E-state index in [-0.39, 0.29) is 5.56 Å². The summed E-state index contributed by atoms with van der Waals surface area (Å²) in [5, 5.41) is 4.96. The van der Waals surface area contributed by atoms with Crippen LogP contribution in [0.15, 0.2) is 62.9 Å². The standard InChI is InChI=1S/C27H27BrN4O4/c1-6-35-27(34)18(4)36-23-10-8-22(9-11-23)31-16(2)13-20(17(31)3)15-29-32-19(5)30-25-12-7-21(28)14-24(25)26(32)33/h7-15,18H,6H2,1-5H3/t18-/m1/s1. The van der Waals surface area contributed by atoms with Crippen LogP contribution in [0.25, 0.3) is 16.6 Å². The maximum atomic E-state index is 13.0. The van der Waals surface area contributed by atoms with Crippen LogP contribution >= 0.6 is 15.9 Å². The summed E-state index contributed by atoms with van der Waals surface area (Å²) in [6.07, 6.45) is 0.989. The average molecular weight is 551 g/mol. The number of aryl methyl sites for hydroxylation is 2. The maximum absolute atomic E-state index is 13.0. The van der Waals surface area contributed by atoms with Gasteiger partial charge >= 0.3 is 5.97 Å². The highest BCUT2D eigenvalue weighted by atomic mass is 79.9. The zero-order valence-electron chi connectivity index (χ0n) is 20.8. The quantitative estimate of drug-likeness (QED) is 0.236. The van der Waals surface area contributed by atoms with E-state index >= 15 is 0 Å². The number of aromatic nitrogens is 3. The minimum Gasteiger partial charge on any atom is -0.479 e. The van der Waals surface area contributed by atoms with Gasteiger partial charge in [-0.3, -0.25) is 4.79 Å². The fraction of sp³-hybridized carbons (Fsp3) is 0.259. The van der Waals surface area contributed by atoms with Gasteiger partial charge in [0.2, 0.25) is 0 Å². The van der Waals surface area contributed by atoms with Crippen molar-refractivity contribution in [3.8, 4) is 11.4 Å². The summed E-state index contributed by atoms with van der Waals surface area (Å²) >= 11 is 3.41. The predicted octanol–water partition coefficient (Wildman–Crippen LogP) is 5.09. The highest BCUT2D eigenvalue weighted by Crippen LogP contribution is 2.23. The summed E-state index contributed by atoms with van der Waals surface area (Å²) in [6.45, 7) is 9.49. The molecule has 2 heterocycles. The van der Waals surface area contributed by atoms with Crippen molar-refractivity contribution in [3.63, 3.8) is 0 Å².